The van der Waals surface area contributed by atoms with Crippen LogP contribution in [-0.2, 0) is 17.8 Å². The Morgan fingerprint density at radius 1 is 1.29 bits per heavy atom. The molecule has 1 fully saturated rings. The van der Waals surface area contributed by atoms with Gasteiger partial charge in [-0.1, -0.05) is 24.3 Å². The van der Waals surface area contributed by atoms with Gasteiger partial charge in [-0.3, -0.25) is 9.69 Å². The van der Waals surface area contributed by atoms with Crippen molar-refractivity contribution >= 4 is 5.91 Å². The van der Waals surface area contributed by atoms with E-state index in [4.69, 9.17) is 0 Å². The van der Waals surface area contributed by atoms with Crippen molar-refractivity contribution in [2.24, 2.45) is 0 Å². The molecule has 0 spiro atoms. The van der Waals surface area contributed by atoms with E-state index in [1.54, 1.807) is 0 Å². The molecule has 2 aliphatic heterocycles. The number of likely N-dealkylation sites (tertiary alicyclic amines) is 1. The van der Waals surface area contributed by atoms with E-state index in [2.05, 4.69) is 23.1 Å². The Morgan fingerprint density at radius 3 is 2.81 bits per heavy atom. The van der Waals surface area contributed by atoms with Crippen LogP contribution >= 0.6 is 0 Å². The van der Waals surface area contributed by atoms with Crippen LogP contribution in [0.1, 0.15) is 30.9 Å². The summed E-state index contributed by atoms with van der Waals surface area (Å²) in [4.78, 5) is 16.8. The van der Waals surface area contributed by atoms with Crippen molar-refractivity contribution < 1.29 is 9.90 Å². The first kappa shape index (κ1) is 14.5. The van der Waals surface area contributed by atoms with Crippen molar-refractivity contribution in [1.82, 2.24) is 9.80 Å². The van der Waals surface area contributed by atoms with Crippen LogP contribution in [0.5, 0.6) is 0 Å². The normalized spacial score (nSPS) is 24.5. The minimum absolute atomic E-state index is 0.134. The summed E-state index contributed by atoms with van der Waals surface area (Å²) in [5.74, 6) is 0.193. The van der Waals surface area contributed by atoms with Crippen molar-refractivity contribution in [1.29, 1.82) is 0 Å². The molecule has 0 aliphatic carbocycles. The second-order valence-electron chi connectivity index (χ2n) is 6.25. The van der Waals surface area contributed by atoms with E-state index in [1.165, 1.54) is 11.1 Å². The van der Waals surface area contributed by atoms with Crippen LogP contribution in [0, 0.1) is 0 Å². The first-order valence-corrected chi connectivity index (χ1v) is 7.93. The van der Waals surface area contributed by atoms with E-state index in [-0.39, 0.29) is 18.1 Å². The molecule has 0 aromatic heterocycles. The number of rotatable bonds is 2. The third-order valence-corrected chi connectivity index (χ3v) is 4.78. The van der Waals surface area contributed by atoms with E-state index in [0.29, 0.717) is 6.54 Å². The second kappa shape index (κ2) is 6.16. The molecule has 1 aromatic rings. The number of piperidine rings is 1. The summed E-state index contributed by atoms with van der Waals surface area (Å²) in [6, 6.07) is 8.24. The van der Waals surface area contributed by atoms with E-state index in [1.807, 2.05) is 17.9 Å². The van der Waals surface area contributed by atoms with Crippen molar-refractivity contribution in [3.63, 3.8) is 0 Å². The lowest BCUT2D eigenvalue weighted by molar-refractivity contribution is -0.138. The van der Waals surface area contributed by atoms with Gasteiger partial charge in [0.15, 0.2) is 0 Å². The van der Waals surface area contributed by atoms with Gasteiger partial charge in [-0.15, -0.1) is 0 Å². The zero-order valence-electron chi connectivity index (χ0n) is 12.7. The van der Waals surface area contributed by atoms with Gasteiger partial charge >= 0.3 is 0 Å². The highest BCUT2D eigenvalue weighted by Gasteiger charge is 2.30. The number of nitrogens with zero attached hydrogens (tertiary/aromatic N) is 2. The molecule has 21 heavy (non-hydrogen) atoms. The van der Waals surface area contributed by atoms with Gasteiger partial charge in [-0.2, -0.15) is 0 Å². The summed E-state index contributed by atoms with van der Waals surface area (Å²) in [5.41, 5.74) is 2.63. The number of β-amino-alcohol motifs (C(OH)–C–C–N with tert-alkyl or cyclic N) is 1. The number of aliphatic hydroxyl groups excluding tert-OH is 1. The minimum Gasteiger partial charge on any atom is -0.392 e. The molecule has 0 bridgehead atoms. The van der Waals surface area contributed by atoms with Gasteiger partial charge in [0, 0.05) is 19.6 Å². The number of amides is 1. The molecule has 2 heterocycles. The predicted molar refractivity (Wildman–Crippen MR) is 81.8 cm³/mol. The standard InChI is InChI=1S/C17H24N2O2/c1-13(18-9-4-7-16(20)12-18)17(21)19-10-8-14-5-2-3-6-15(14)11-19/h2-3,5-6,13,16,20H,4,7-12H2,1H3/t13-,16-/m1/s1. The van der Waals surface area contributed by atoms with E-state index < -0.39 is 0 Å². The molecule has 4 nitrogen and oxygen atoms in total. The molecule has 1 saturated heterocycles. The first-order chi connectivity index (χ1) is 10.1. The maximum atomic E-state index is 12.7. The van der Waals surface area contributed by atoms with E-state index in [9.17, 15) is 9.90 Å². The van der Waals surface area contributed by atoms with Crippen LogP contribution in [-0.4, -0.2) is 52.6 Å². The number of carbonyl (C=O) groups is 1. The van der Waals surface area contributed by atoms with Gasteiger partial charge in [0.05, 0.1) is 12.1 Å². The minimum atomic E-state index is -0.281. The third-order valence-electron chi connectivity index (χ3n) is 4.78. The zero-order valence-corrected chi connectivity index (χ0v) is 12.7. The van der Waals surface area contributed by atoms with Crippen molar-refractivity contribution in [2.75, 3.05) is 19.6 Å². The lowest BCUT2D eigenvalue weighted by atomic mass is 9.99. The molecule has 2 aliphatic rings. The van der Waals surface area contributed by atoms with Gasteiger partial charge in [0.25, 0.3) is 0 Å². The Labute approximate surface area is 126 Å². The lowest BCUT2D eigenvalue weighted by Crippen LogP contribution is -2.52. The van der Waals surface area contributed by atoms with Crippen molar-refractivity contribution in [3.8, 4) is 0 Å². The number of benzene rings is 1. The number of hydrogen-bond acceptors (Lipinski definition) is 3. The third kappa shape index (κ3) is 3.11. The van der Waals surface area contributed by atoms with Crippen LogP contribution in [0.2, 0.25) is 0 Å². The summed E-state index contributed by atoms with van der Waals surface area (Å²) in [5, 5.41) is 9.78. The van der Waals surface area contributed by atoms with Crippen LogP contribution in [0.15, 0.2) is 24.3 Å². The fourth-order valence-corrected chi connectivity index (χ4v) is 3.44. The van der Waals surface area contributed by atoms with Crippen molar-refractivity contribution in [3.05, 3.63) is 35.4 Å². The molecule has 114 valence electrons. The average Bonchev–Trinajstić information content (AvgIpc) is 2.53. The Balaban J connectivity index is 1.66. The van der Waals surface area contributed by atoms with Gasteiger partial charge in [0.2, 0.25) is 5.91 Å². The summed E-state index contributed by atoms with van der Waals surface area (Å²) >= 11 is 0. The van der Waals surface area contributed by atoms with E-state index in [0.717, 1.165) is 38.9 Å². The average molecular weight is 288 g/mol. The summed E-state index contributed by atoms with van der Waals surface area (Å²) in [6.45, 7) is 5.03. The number of fused-ring (bicyclic) bond motifs is 1. The second-order valence-corrected chi connectivity index (χ2v) is 6.25. The van der Waals surface area contributed by atoms with Gasteiger partial charge in [0.1, 0.15) is 0 Å². The predicted octanol–water partition coefficient (Wildman–Crippen LogP) is 1.42. The molecule has 1 amide bonds. The molecular weight excluding hydrogens is 264 g/mol. The van der Waals surface area contributed by atoms with Crippen molar-refractivity contribution in [2.45, 2.75) is 44.9 Å². The molecule has 4 heteroatoms. The monoisotopic (exact) mass is 288 g/mol. The Morgan fingerprint density at radius 2 is 2.05 bits per heavy atom. The van der Waals surface area contributed by atoms with E-state index >= 15 is 0 Å². The number of hydrogen-bond donors (Lipinski definition) is 1. The Hall–Kier alpha value is -1.39. The summed E-state index contributed by atoms with van der Waals surface area (Å²) in [6.07, 6.45) is 2.49. The number of aliphatic hydroxyl groups is 1. The summed E-state index contributed by atoms with van der Waals surface area (Å²) in [7, 11) is 0. The maximum Gasteiger partial charge on any atom is 0.239 e. The molecule has 0 radical (unpaired) electrons. The topological polar surface area (TPSA) is 43.8 Å². The molecule has 0 saturated carbocycles. The smallest absolute Gasteiger partial charge is 0.239 e. The van der Waals surface area contributed by atoms with Crippen LogP contribution in [0.3, 0.4) is 0 Å². The largest absolute Gasteiger partial charge is 0.392 e. The molecule has 3 rings (SSSR count). The van der Waals surface area contributed by atoms with Crippen LogP contribution in [0.4, 0.5) is 0 Å². The van der Waals surface area contributed by atoms with Gasteiger partial charge in [-0.25, -0.2) is 0 Å². The van der Waals surface area contributed by atoms with Gasteiger partial charge < -0.3 is 10.0 Å². The molecule has 0 unspecified atom stereocenters. The fourth-order valence-electron chi connectivity index (χ4n) is 3.44. The Kier molecular flexibility index (Phi) is 4.27. The molecule has 1 N–H and O–H groups in total. The highest BCUT2D eigenvalue weighted by molar-refractivity contribution is 5.81. The fraction of sp³-hybridized carbons (Fsp3) is 0.588. The SMILES string of the molecule is C[C@H](C(=O)N1CCc2ccccc2C1)N1CCC[C@@H](O)C1. The van der Waals surface area contributed by atoms with Crippen LogP contribution in [0.25, 0.3) is 0 Å². The quantitative estimate of drug-likeness (QED) is 0.895. The number of carbonyl (C=O) groups excluding carboxylic acids is 1. The maximum absolute atomic E-state index is 12.7. The molecule has 1 aromatic carbocycles. The molecule has 2 atom stereocenters. The molecular formula is C17H24N2O2. The van der Waals surface area contributed by atoms with Gasteiger partial charge in [-0.05, 0) is 43.9 Å². The zero-order chi connectivity index (χ0) is 14.8. The Bertz CT molecular complexity index is 517. The summed E-state index contributed by atoms with van der Waals surface area (Å²) < 4.78 is 0. The lowest BCUT2D eigenvalue weighted by Gasteiger charge is -2.38. The highest BCUT2D eigenvalue weighted by atomic mass is 16.3. The first-order valence-electron chi connectivity index (χ1n) is 7.93. The highest BCUT2D eigenvalue weighted by Crippen LogP contribution is 2.21. The van der Waals surface area contributed by atoms with Crippen LogP contribution < -0.4 is 0 Å².